The van der Waals surface area contributed by atoms with Gasteiger partial charge in [0.2, 0.25) is 5.91 Å². The number of nitrogens with zero attached hydrogens (tertiary/aromatic N) is 2. The van der Waals surface area contributed by atoms with E-state index in [-0.39, 0.29) is 0 Å². The van der Waals surface area contributed by atoms with Gasteiger partial charge in [-0.05, 0) is 31.0 Å². The van der Waals surface area contributed by atoms with Crippen molar-refractivity contribution >= 4 is 23.2 Å². The van der Waals surface area contributed by atoms with Crippen molar-refractivity contribution in [2.45, 2.75) is 33.2 Å². The molecule has 0 saturated heterocycles. The van der Waals surface area contributed by atoms with Gasteiger partial charge in [0.25, 0.3) is 12.9 Å². The van der Waals surface area contributed by atoms with Gasteiger partial charge < -0.3 is 5.32 Å². The van der Waals surface area contributed by atoms with Gasteiger partial charge in [0.1, 0.15) is 17.9 Å². The summed E-state index contributed by atoms with van der Waals surface area (Å²) in [6, 6.07) is 5.35. The van der Waals surface area contributed by atoms with E-state index in [1.165, 1.54) is 0 Å². The Kier molecular flexibility index (Phi) is 5.48. The summed E-state index contributed by atoms with van der Waals surface area (Å²) in [5, 5.41) is 5.07. The van der Waals surface area contributed by atoms with Crippen molar-refractivity contribution in [2.24, 2.45) is 0 Å². The second kappa shape index (κ2) is 7.21. The van der Waals surface area contributed by atoms with Crippen molar-refractivity contribution in [1.82, 2.24) is 9.78 Å². The number of benzene rings is 1. The van der Waals surface area contributed by atoms with Crippen molar-refractivity contribution in [3.63, 3.8) is 0 Å². The average Bonchev–Trinajstić information content (AvgIpc) is 2.79. The lowest BCUT2D eigenvalue weighted by Gasteiger charge is -2.11. The molecular formula is C15H14ClF4N3O. The molecule has 0 bridgehead atoms. The zero-order valence-corrected chi connectivity index (χ0v) is 13.5. The molecule has 9 heteroatoms. The zero-order valence-electron chi connectivity index (χ0n) is 12.8. The third-order valence-electron chi connectivity index (χ3n) is 3.33. The summed E-state index contributed by atoms with van der Waals surface area (Å²) in [5.74, 6) is -0.675. The number of rotatable bonds is 5. The smallest absolute Gasteiger partial charge is 0.283 e. The summed E-state index contributed by atoms with van der Waals surface area (Å²) >= 11 is 5.53. The topological polar surface area (TPSA) is 46.9 Å². The largest absolute Gasteiger partial charge is 0.324 e. The minimum atomic E-state index is -3.13. The first-order chi connectivity index (χ1) is 11.2. The molecule has 0 atom stereocenters. The maximum Gasteiger partial charge on any atom is 0.283 e. The number of alkyl halides is 4. The van der Waals surface area contributed by atoms with E-state index in [1.807, 2.05) is 13.0 Å². The summed E-state index contributed by atoms with van der Waals surface area (Å²) in [6.45, 7) is 2.94. The molecule has 1 amide bonds. The Labute approximate surface area is 140 Å². The molecule has 4 nitrogen and oxygen atoms in total. The van der Waals surface area contributed by atoms with Crippen molar-refractivity contribution in [3.05, 3.63) is 45.7 Å². The van der Waals surface area contributed by atoms with Gasteiger partial charge in [-0.2, -0.15) is 5.10 Å². The van der Waals surface area contributed by atoms with Gasteiger partial charge in [0.05, 0.1) is 5.02 Å². The highest BCUT2D eigenvalue weighted by Gasteiger charge is 2.28. The van der Waals surface area contributed by atoms with Crippen LogP contribution < -0.4 is 5.32 Å². The minimum absolute atomic E-state index is 0.505. The van der Waals surface area contributed by atoms with Crippen molar-refractivity contribution in [1.29, 1.82) is 0 Å². The van der Waals surface area contributed by atoms with Crippen LogP contribution in [0.3, 0.4) is 0 Å². The van der Waals surface area contributed by atoms with E-state index in [1.54, 1.807) is 19.1 Å². The molecule has 0 aliphatic rings. The Morgan fingerprint density at radius 1 is 1.25 bits per heavy atom. The fourth-order valence-corrected chi connectivity index (χ4v) is 2.44. The second-order valence-electron chi connectivity index (χ2n) is 5.21. The van der Waals surface area contributed by atoms with Gasteiger partial charge in [-0.3, -0.25) is 9.48 Å². The standard InChI is InChI=1S/C15H14ClF4N3O/c1-7-3-4-8(2)9(5-7)21-10(24)6-23-13(15(19)20)11(16)12(22-23)14(17)18/h3-5,14-15H,6H2,1-2H3,(H,21,24). The van der Waals surface area contributed by atoms with Crippen LogP contribution in [0.4, 0.5) is 23.2 Å². The Morgan fingerprint density at radius 2 is 1.92 bits per heavy atom. The molecule has 1 aromatic heterocycles. The molecular weight excluding hydrogens is 350 g/mol. The zero-order chi connectivity index (χ0) is 18.0. The lowest BCUT2D eigenvalue weighted by atomic mass is 10.1. The molecule has 1 N–H and O–H groups in total. The highest BCUT2D eigenvalue weighted by atomic mass is 35.5. The van der Waals surface area contributed by atoms with Gasteiger partial charge >= 0.3 is 0 Å². The Bertz CT molecular complexity index is 761. The molecule has 1 heterocycles. The van der Waals surface area contributed by atoms with E-state index < -0.39 is 41.7 Å². The summed E-state index contributed by atoms with van der Waals surface area (Å²) in [5.41, 5.74) is 0.307. The number of hydrogen-bond donors (Lipinski definition) is 1. The molecule has 24 heavy (non-hydrogen) atoms. The number of anilines is 1. The molecule has 0 aliphatic carbocycles. The van der Waals surface area contributed by atoms with Gasteiger partial charge in [0, 0.05) is 5.69 Å². The number of nitrogens with one attached hydrogen (secondary N) is 1. The molecule has 130 valence electrons. The SMILES string of the molecule is Cc1ccc(C)c(NC(=O)Cn2nc(C(F)F)c(Cl)c2C(F)F)c1. The van der Waals surface area contributed by atoms with Crippen molar-refractivity contribution < 1.29 is 22.4 Å². The van der Waals surface area contributed by atoms with Crippen molar-refractivity contribution in [2.75, 3.05) is 5.32 Å². The highest BCUT2D eigenvalue weighted by Crippen LogP contribution is 2.34. The maximum absolute atomic E-state index is 13.0. The molecule has 0 saturated carbocycles. The number of amides is 1. The van der Waals surface area contributed by atoms with Crippen LogP contribution in [0.15, 0.2) is 18.2 Å². The first kappa shape index (κ1) is 18.3. The number of halogens is 5. The quantitative estimate of drug-likeness (QED) is 0.785. The van der Waals surface area contributed by atoms with Gasteiger partial charge in [0.15, 0.2) is 0 Å². The summed E-state index contributed by atoms with van der Waals surface area (Å²) in [4.78, 5) is 12.1. The summed E-state index contributed by atoms with van der Waals surface area (Å²) in [6.07, 6.45) is -6.25. The third-order valence-corrected chi connectivity index (χ3v) is 3.72. The van der Waals surface area contributed by atoms with E-state index in [9.17, 15) is 22.4 Å². The van der Waals surface area contributed by atoms with E-state index in [0.29, 0.717) is 10.4 Å². The Hall–Kier alpha value is -2.09. The average molecular weight is 364 g/mol. The summed E-state index contributed by atoms with van der Waals surface area (Å²) in [7, 11) is 0. The first-order valence-electron chi connectivity index (χ1n) is 6.90. The van der Waals surface area contributed by atoms with E-state index in [0.717, 1.165) is 11.1 Å². The monoisotopic (exact) mass is 363 g/mol. The van der Waals surface area contributed by atoms with Crippen LogP contribution in [0, 0.1) is 13.8 Å². The molecule has 0 fully saturated rings. The fraction of sp³-hybridized carbons (Fsp3) is 0.333. The van der Waals surface area contributed by atoms with Crippen LogP contribution in [0.25, 0.3) is 0 Å². The molecule has 0 radical (unpaired) electrons. The van der Waals surface area contributed by atoms with Crippen molar-refractivity contribution in [3.8, 4) is 0 Å². The number of aromatic nitrogens is 2. The van der Waals surface area contributed by atoms with Crippen LogP contribution in [-0.4, -0.2) is 15.7 Å². The van der Waals surface area contributed by atoms with Crippen LogP contribution in [0.1, 0.15) is 35.4 Å². The minimum Gasteiger partial charge on any atom is -0.324 e. The Balaban J connectivity index is 2.25. The fourth-order valence-electron chi connectivity index (χ4n) is 2.14. The van der Waals surface area contributed by atoms with E-state index in [4.69, 9.17) is 11.6 Å². The van der Waals surface area contributed by atoms with Gasteiger partial charge in [-0.15, -0.1) is 0 Å². The Morgan fingerprint density at radius 3 is 2.50 bits per heavy atom. The van der Waals surface area contributed by atoms with Crippen LogP contribution in [0.2, 0.25) is 5.02 Å². The van der Waals surface area contributed by atoms with Crippen LogP contribution >= 0.6 is 11.6 Å². The van der Waals surface area contributed by atoms with E-state index in [2.05, 4.69) is 10.4 Å². The normalized spacial score (nSPS) is 11.4. The lowest BCUT2D eigenvalue weighted by molar-refractivity contribution is -0.117. The number of hydrogen-bond acceptors (Lipinski definition) is 2. The third kappa shape index (κ3) is 3.87. The predicted molar refractivity (Wildman–Crippen MR) is 81.7 cm³/mol. The van der Waals surface area contributed by atoms with E-state index >= 15 is 0 Å². The summed E-state index contributed by atoms with van der Waals surface area (Å²) < 4.78 is 52.1. The lowest BCUT2D eigenvalue weighted by Crippen LogP contribution is -2.21. The first-order valence-corrected chi connectivity index (χ1v) is 7.28. The molecule has 2 rings (SSSR count). The molecule has 0 aliphatic heterocycles. The predicted octanol–water partition coefficient (Wildman–Crippen LogP) is 4.67. The van der Waals surface area contributed by atoms with Crippen LogP contribution in [-0.2, 0) is 11.3 Å². The number of aryl methyl sites for hydroxylation is 2. The van der Waals surface area contributed by atoms with Gasteiger partial charge in [-0.1, -0.05) is 23.7 Å². The molecule has 1 aromatic carbocycles. The molecule has 0 unspecified atom stereocenters. The number of carbonyl (C=O) groups excluding carboxylic acids is 1. The second-order valence-corrected chi connectivity index (χ2v) is 5.59. The molecule has 2 aromatic rings. The highest BCUT2D eigenvalue weighted by molar-refractivity contribution is 6.32. The maximum atomic E-state index is 13.0. The van der Waals surface area contributed by atoms with Crippen LogP contribution in [0.5, 0.6) is 0 Å². The van der Waals surface area contributed by atoms with Gasteiger partial charge in [-0.25, -0.2) is 17.6 Å². The number of carbonyl (C=O) groups is 1. The molecule has 0 spiro atoms.